The summed E-state index contributed by atoms with van der Waals surface area (Å²) >= 11 is 0. The zero-order valence-electron chi connectivity index (χ0n) is 22.9. The molecule has 5 rings (SSSR count). The summed E-state index contributed by atoms with van der Waals surface area (Å²) in [6.07, 6.45) is 5.03. The van der Waals surface area contributed by atoms with Crippen LogP contribution in [0.25, 0.3) is 0 Å². The number of likely N-dealkylation sites (N-methyl/N-ethyl adjacent to an activating group) is 1. The number of rotatable bonds is 2. The van der Waals surface area contributed by atoms with Crippen LogP contribution in [0, 0.1) is 12.8 Å². The molecule has 0 aromatic carbocycles. The van der Waals surface area contributed by atoms with Gasteiger partial charge < -0.3 is 24.6 Å². The van der Waals surface area contributed by atoms with Crippen LogP contribution in [0.1, 0.15) is 44.6 Å². The summed E-state index contributed by atoms with van der Waals surface area (Å²) in [6, 6.07) is 2.83. The second-order valence-corrected chi connectivity index (χ2v) is 10.4. The first-order valence-corrected chi connectivity index (χ1v) is 13.0. The van der Waals surface area contributed by atoms with Gasteiger partial charge >= 0.3 is 0 Å². The van der Waals surface area contributed by atoms with E-state index >= 15 is 0 Å². The van der Waals surface area contributed by atoms with E-state index in [0.29, 0.717) is 36.0 Å². The third-order valence-corrected chi connectivity index (χ3v) is 7.33. The molecule has 0 unspecified atom stereocenters. The van der Waals surface area contributed by atoms with Gasteiger partial charge in [-0.1, -0.05) is 5.21 Å². The normalized spacial score (nSPS) is 19.8. The number of amides is 3. The van der Waals surface area contributed by atoms with E-state index in [1.807, 2.05) is 14.1 Å². The number of fused-ring (bicyclic) bond motifs is 6. The molecule has 14 nitrogen and oxygen atoms in total. The topological polar surface area (TPSA) is 151 Å². The van der Waals surface area contributed by atoms with Gasteiger partial charge in [-0.05, 0) is 19.1 Å². The van der Waals surface area contributed by atoms with Crippen LogP contribution in [0.2, 0.25) is 0 Å². The molecule has 1 saturated heterocycles. The molecular weight excluding hydrogens is 516 g/mol. The molecule has 3 aromatic rings. The first-order valence-electron chi connectivity index (χ1n) is 13.0. The summed E-state index contributed by atoms with van der Waals surface area (Å²) in [7, 11) is 5.25. The number of nitrogens with one attached hydrogen (secondary N) is 1. The molecular formula is C26H32N10O4. The predicted octanol–water partition coefficient (Wildman–Crippen LogP) is -0.442. The van der Waals surface area contributed by atoms with E-state index in [0.717, 1.165) is 0 Å². The van der Waals surface area contributed by atoms with Gasteiger partial charge in [0.05, 0.1) is 30.0 Å². The van der Waals surface area contributed by atoms with Crippen molar-refractivity contribution in [2.45, 2.75) is 25.9 Å². The summed E-state index contributed by atoms with van der Waals surface area (Å²) in [5.74, 6) is -0.565. The number of hydrogen-bond acceptors (Lipinski definition) is 9. The van der Waals surface area contributed by atoms with Gasteiger partial charge in [-0.25, -0.2) is 14.6 Å². The Morgan fingerprint density at radius 3 is 2.73 bits per heavy atom. The fourth-order valence-electron chi connectivity index (χ4n) is 5.10. The summed E-state index contributed by atoms with van der Waals surface area (Å²) in [6.45, 7) is 3.02. The fourth-order valence-corrected chi connectivity index (χ4v) is 5.10. The minimum absolute atomic E-state index is 0.0405. The second-order valence-electron chi connectivity index (χ2n) is 10.4. The lowest BCUT2D eigenvalue weighted by atomic mass is 9.99. The third-order valence-electron chi connectivity index (χ3n) is 7.33. The highest BCUT2D eigenvalue weighted by atomic mass is 16.2. The summed E-state index contributed by atoms with van der Waals surface area (Å²) < 4.78 is 3.09. The van der Waals surface area contributed by atoms with E-state index in [1.165, 1.54) is 21.7 Å². The number of carbonyl (C=O) groups excluding carboxylic acids is 3. The van der Waals surface area contributed by atoms with E-state index in [9.17, 15) is 19.2 Å². The Labute approximate surface area is 230 Å². The van der Waals surface area contributed by atoms with E-state index < -0.39 is 11.5 Å². The molecule has 2 aliphatic rings. The lowest BCUT2D eigenvalue weighted by Crippen LogP contribution is -2.39. The van der Waals surface area contributed by atoms with Crippen molar-refractivity contribution in [2.75, 3.05) is 52.2 Å². The molecule has 5 heterocycles. The summed E-state index contributed by atoms with van der Waals surface area (Å²) in [5, 5.41) is 11.4. The number of nitrogens with zero attached hydrogens (tertiary/aromatic N) is 9. The zero-order valence-corrected chi connectivity index (χ0v) is 22.9. The van der Waals surface area contributed by atoms with Crippen LogP contribution in [0.5, 0.6) is 0 Å². The molecule has 40 heavy (non-hydrogen) atoms. The van der Waals surface area contributed by atoms with Crippen LogP contribution in [-0.4, -0.2) is 104 Å². The zero-order chi connectivity index (χ0) is 28.6. The molecule has 4 bridgehead atoms. The van der Waals surface area contributed by atoms with Crippen molar-refractivity contribution in [1.29, 1.82) is 0 Å². The minimum atomic E-state index is -0.432. The van der Waals surface area contributed by atoms with Crippen LogP contribution < -0.4 is 15.8 Å². The van der Waals surface area contributed by atoms with Crippen molar-refractivity contribution < 1.29 is 14.4 Å². The molecule has 2 atom stereocenters. The monoisotopic (exact) mass is 548 g/mol. The summed E-state index contributed by atoms with van der Waals surface area (Å²) in [4.78, 5) is 66.0. The molecule has 1 fully saturated rings. The number of likely N-dealkylation sites (tertiary alicyclic amines) is 1. The van der Waals surface area contributed by atoms with Crippen LogP contribution in [0.15, 0.2) is 35.5 Å². The van der Waals surface area contributed by atoms with Crippen molar-refractivity contribution in [3.8, 4) is 0 Å². The Morgan fingerprint density at radius 2 is 1.98 bits per heavy atom. The predicted molar refractivity (Wildman–Crippen MR) is 144 cm³/mol. The van der Waals surface area contributed by atoms with Gasteiger partial charge in [-0.2, -0.15) is 0 Å². The molecule has 210 valence electrons. The highest BCUT2D eigenvalue weighted by molar-refractivity contribution is 5.95. The lowest BCUT2D eigenvalue weighted by Gasteiger charge is -2.20. The molecule has 14 heteroatoms. The van der Waals surface area contributed by atoms with Crippen molar-refractivity contribution in [3.63, 3.8) is 0 Å². The average Bonchev–Trinajstić information content (AvgIpc) is 3.55. The molecule has 3 amide bonds. The first-order chi connectivity index (χ1) is 19.1. The van der Waals surface area contributed by atoms with Gasteiger partial charge in [0.15, 0.2) is 0 Å². The summed E-state index contributed by atoms with van der Waals surface area (Å²) in [5.41, 5.74) is 1.10. The van der Waals surface area contributed by atoms with Crippen LogP contribution in [-0.2, 0) is 11.3 Å². The highest BCUT2D eigenvalue weighted by Crippen LogP contribution is 2.31. The van der Waals surface area contributed by atoms with Crippen molar-refractivity contribution >= 4 is 23.7 Å². The highest BCUT2D eigenvalue weighted by Gasteiger charge is 2.39. The van der Waals surface area contributed by atoms with Gasteiger partial charge in [0.2, 0.25) is 11.9 Å². The molecule has 0 aliphatic carbocycles. The number of aromatic nitrogens is 6. The molecule has 1 N–H and O–H groups in total. The molecule has 2 aliphatic heterocycles. The van der Waals surface area contributed by atoms with Gasteiger partial charge in [-0.15, -0.1) is 5.10 Å². The van der Waals surface area contributed by atoms with Crippen LogP contribution in [0.3, 0.4) is 0 Å². The first kappa shape index (κ1) is 27.0. The molecule has 0 radical (unpaired) electrons. The van der Waals surface area contributed by atoms with Crippen molar-refractivity contribution in [1.82, 2.24) is 44.6 Å². The Bertz CT molecular complexity index is 1510. The maximum Gasteiger partial charge on any atom is 0.263 e. The third kappa shape index (κ3) is 5.28. The van der Waals surface area contributed by atoms with E-state index in [1.54, 1.807) is 46.9 Å². The van der Waals surface area contributed by atoms with E-state index in [4.69, 9.17) is 0 Å². The van der Waals surface area contributed by atoms with E-state index in [2.05, 4.69) is 25.6 Å². The molecule has 0 spiro atoms. The standard InChI is InChI=1S/C26H32N10O4/c1-16-20(11-28-26(29-16)32(2)3)25(40)35-12-17-10-22(37)27-7-9-33(4)23(38)19-6-5-8-34(24(19)39)13-18-14-36(31-30-18)21(17)15-35/h5-6,8,11,14,17,21H,7,9-10,12-13,15H2,1-4H3,(H,27,37)/t17-,21+/m0/s1. The smallest absolute Gasteiger partial charge is 0.263 e. The number of hydrogen-bond donors (Lipinski definition) is 1. The SMILES string of the molecule is Cc1nc(N(C)C)ncc1C(=O)N1C[C@@H]2CC(=O)NCCN(C)C(=O)c3cccn(c3=O)Cc3cn(nn3)[C@@H]2C1. The Balaban J connectivity index is 1.45. The quantitative estimate of drug-likeness (QED) is 0.449. The number of pyridine rings is 1. The van der Waals surface area contributed by atoms with Gasteiger partial charge in [-0.3, -0.25) is 19.2 Å². The van der Waals surface area contributed by atoms with Crippen molar-refractivity contribution in [2.24, 2.45) is 5.92 Å². The number of carbonyl (C=O) groups is 3. The Hall–Kier alpha value is -4.62. The van der Waals surface area contributed by atoms with Crippen LogP contribution in [0.4, 0.5) is 5.95 Å². The fraction of sp³-hybridized carbons (Fsp3) is 0.462. The Kier molecular flexibility index (Phi) is 7.32. The van der Waals surface area contributed by atoms with Gasteiger partial charge in [0.1, 0.15) is 11.3 Å². The van der Waals surface area contributed by atoms with Gasteiger partial charge in [0, 0.05) is 72.1 Å². The molecule has 0 saturated carbocycles. The molecule has 3 aromatic heterocycles. The average molecular weight is 549 g/mol. The lowest BCUT2D eigenvalue weighted by molar-refractivity contribution is -0.122. The number of anilines is 1. The van der Waals surface area contributed by atoms with Gasteiger partial charge in [0.25, 0.3) is 17.4 Å². The minimum Gasteiger partial charge on any atom is -0.354 e. The largest absolute Gasteiger partial charge is 0.354 e. The number of aryl methyl sites for hydroxylation is 1. The van der Waals surface area contributed by atoms with Crippen LogP contribution >= 0.6 is 0 Å². The maximum absolute atomic E-state index is 13.5. The van der Waals surface area contributed by atoms with E-state index in [-0.39, 0.29) is 55.4 Å². The van der Waals surface area contributed by atoms with Crippen molar-refractivity contribution in [3.05, 3.63) is 63.6 Å². The Morgan fingerprint density at radius 1 is 1.18 bits per heavy atom. The maximum atomic E-state index is 13.5. The second kappa shape index (κ2) is 10.9.